The van der Waals surface area contributed by atoms with Crippen LogP contribution < -0.4 is 5.32 Å². The van der Waals surface area contributed by atoms with Crippen molar-refractivity contribution in [2.45, 2.75) is 72.9 Å². The minimum absolute atomic E-state index is 0.284. The molecule has 1 aromatic rings. The van der Waals surface area contributed by atoms with E-state index in [-0.39, 0.29) is 5.41 Å². The molecule has 2 rings (SSSR count). The first-order valence-corrected chi connectivity index (χ1v) is 8.76. The van der Waals surface area contributed by atoms with Gasteiger partial charge in [0.15, 0.2) is 0 Å². The number of nitrogens with one attached hydrogen (secondary N) is 1. The fourth-order valence-corrected chi connectivity index (χ4v) is 3.47. The van der Waals surface area contributed by atoms with Crippen LogP contribution >= 0.6 is 11.6 Å². The van der Waals surface area contributed by atoms with Crippen molar-refractivity contribution in [1.29, 1.82) is 0 Å². The third kappa shape index (κ3) is 3.81. The van der Waals surface area contributed by atoms with Crippen LogP contribution in [0.15, 0.2) is 0 Å². The lowest BCUT2D eigenvalue weighted by molar-refractivity contribution is 0.242. The molecule has 0 radical (unpaired) electrons. The predicted octanol–water partition coefficient (Wildman–Crippen LogP) is 4.08. The molecule has 0 saturated heterocycles. The van der Waals surface area contributed by atoms with Gasteiger partial charge in [-0.2, -0.15) is 5.10 Å². The molecule has 0 aromatic carbocycles. The van der Waals surface area contributed by atoms with Crippen molar-refractivity contribution in [2.75, 3.05) is 6.54 Å². The Kier molecular flexibility index (Phi) is 5.37. The van der Waals surface area contributed by atoms with E-state index in [1.807, 2.05) is 0 Å². The fourth-order valence-electron chi connectivity index (χ4n) is 3.14. The van der Waals surface area contributed by atoms with Crippen molar-refractivity contribution >= 4 is 11.6 Å². The molecule has 120 valence electrons. The molecule has 0 amide bonds. The molecule has 1 aliphatic rings. The van der Waals surface area contributed by atoms with Gasteiger partial charge in [0, 0.05) is 19.1 Å². The van der Waals surface area contributed by atoms with Crippen LogP contribution in [-0.4, -0.2) is 22.4 Å². The zero-order chi connectivity index (χ0) is 15.6. The molecule has 1 saturated carbocycles. The minimum atomic E-state index is 0.284. The molecule has 0 bridgehead atoms. The van der Waals surface area contributed by atoms with Crippen LogP contribution in [0, 0.1) is 11.3 Å². The Morgan fingerprint density at radius 2 is 2.05 bits per heavy atom. The summed E-state index contributed by atoms with van der Waals surface area (Å²) >= 11 is 6.60. The van der Waals surface area contributed by atoms with Crippen molar-refractivity contribution in [2.24, 2.45) is 11.3 Å². The SMILES string of the molecule is CCc1nn(CC)c(CC(C)(CNC(C)C)C2CC2)c1Cl. The maximum absolute atomic E-state index is 6.60. The van der Waals surface area contributed by atoms with Crippen LogP contribution in [0.1, 0.15) is 58.8 Å². The van der Waals surface area contributed by atoms with E-state index in [9.17, 15) is 0 Å². The molecule has 1 atom stereocenters. The molecule has 4 heteroatoms. The van der Waals surface area contributed by atoms with E-state index in [0.29, 0.717) is 6.04 Å². The molecule has 1 aromatic heterocycles. The van der Waals surface area contributed by atoms with Crippen molar-refractivity contribution in [3.63, 3.8) is 0 Å². The van der Waals surface area contributed by atoms with Gasteiger partial charge in [-0.1, -0.05) is 39.3 Å². The Morgan fingerprint density at radius 3 is 2.52 bits per heavy atom. The standard InChI is InChI=1S/C17H30ClN3/c1-6-14-16(18)15(21(7-2)20-14)10-17(5,13-8-9-13)11-19-12(3)4/h12-13,19H,6-11H2,1-5H3. The van der Waals surface area contributed by atoms with Crippen LogP contribution in [0.4, 0.5) is 0 Å². The number of aryl methyl sites for hydroxylation is 2. The van der Waals surface area contributed by atoms with Gasteiger partial charge in [0.1, 0.15) is 0 Å². The topological polar surface area (TPSA) is 29.9 Å². The molecule has 21 heavy (non-hydrogen) atoms. The van der Waals surface area contributed by atoms with Crippen molar-refractivity contribution in [1.82, 2.24) is 15.1 Å². The molecular formula is C17H30ClN3. The van der Waals surface area contributed by atoms with Crippen molar-refractivity contribution in [3.8, 4) is 0 Å². The normalized spacial score (nSPS) is 18.2. The second-order valence-electron chi connectivity index (χ2n) is 7.02. The largest absolute Gasteiger partial charge is 0.314 e. The Labute approximate surface area is 134 Å². The number of rotatable bonds is 8. The second-order valence-corrected chi connectivity index (χ2v) is 7.40. The first-order chi connectivity index (χ1) is 9.91. The van der Waals surface area contributed by atoms with E-state index >= 15 is 0 Å². The summed E-state index contributed by atoms with van der Waals surface area (Å²) in [5, 5.41) is 9.20. The van der Waals surface area contributed by atoms with Crippen LogP contribution in [0.2, 0.25) is 5.02 Å². The molecule has 0 aliphatic heterocycles. The van der Waals surface area contributed by atoms with E-state index in [0.717, 1.165) is 42.6 Å². The highest BCUT2D eigenvalue weighted by Gasteiger charge is 2.42. The third-order valence-electron chi connectivity index (χ3n) is 4.74. The predicted molar refractivity (Wildman–Crippen MR) is 90.0 cm³/mol. The highest BCUT2D eigenvalue weighted by Crippen LogP contribution is 2.47. The third-order valence-corrected chi connectivity index (χ3v) is 5.18. The first-order valence-electron chi connectivity index (χ1n) is 8.38. The van der Waals surface area contributed by atoms with Crippen molar-refractivity contribution < 1.29 is 0 Å². The summed E-state index contributed by atoms with van der Waals surface area (Å²) in [6.45, 7) is 13.1. The molecule has 1 heterocycles. The van der Waals surface area contributed by atoms with Gasteiger partial charge in [0.2, 0.25) is 0 Å². The lowest BCUT2D eigenvalue weighted by atomic mass is 9.80. The average molecular weight is 312 g/mol. The van der Waals surface area contributed by atoms with Crippen LogP contribution in [0.3, 0.4) is 0 Å². The van der Waals surface area contributed by atoms with E-state index < -0.39 is 0 Å². The van der Waals surface area contributed by atoms with Gasteiger partial charge in [0.25, 0.3) is 0 Å². The van der Waals surface area contributed by atoms with E-state index in [2.05, 4.69) is 49.7 Å². The number of hydrogen-bond acceptors (Lipinski definition) is 2. The lowest BCUT2D eigenvalue weighted by Gasteiger charge is -2.31. The average Bonchev–Trinajstić information content (AvgIpc) is 3.25. The van der Waals surface area contributed by atoms with Gasteiger partial charge in [-0.15, -0.1) is 0 Å². The van der Waals surface area contributed by atoms with E-state index in [1.54, 1.807) is 0 Å². The van der Waals surface area contributed by atoms with E-state index in [4.69, 9.17) is 11.6 Å². The van der Waals surface area contributed by atoms with E-state index in [1.165, 1.54) is 18.5 Å². The summed E-state index contributed by atoms with van der Waals surface area (Å²) < 4.78 is 2.11. The van der Waals surface area contributed by atoms with Gasteiger partial charge >= 0.3 is 0 Å². The Hall–Kier alpha value is -0.540. The summed E-state index contributed by atoms with van der Waals surface area (Å²) in [5.74, 6) is 0.824. The fraction of sp³-hybridized carbons (Fsp3) is 0.824. The molecule has 1 unspecified atom stereocenters. The van der Waals surface area contributed by atoms with Gasteiger partial charge in [-0.05, 0) is 43.9 Å². The van der Waals surface area contributed by atoms with Gasteiger partial charge in [0.05, 0.1) is 16.4 Å². The smallest absolute Gasteiger partial charge is 0.0850 e. The Morgan fingerprint density at radius 1 is 1.38 bits per heavy atom. The monoisotopic (exact) mass is 311 g/mol. The molecule has 1 aliphatic carbocycles. The maximum atomic E-state index is 6.60. The van der Waals surface area contributed by atoms with Crippen LogP contribution in [-0.2, 0) is 19.4 Å². The highest BCUT2D eigenvalue weighted by molar-refractivity contribution is 6.31. The number of aromatic nitrogens is 2. The second kappa shape index (κ2) is 6.70. The van der Waals surface area contributed by atoms with Gasteiger partial charge in [-0.3, -0.25) is 4.68 Å². The van der Waals surface area contributed by atoms with Crippen LogP contribution in [0.25, 0.3) is 0 Å². The summed E-state index contributed by atoms with van der Waals surface area (Å²) in [6, 6.07) is 0.529. The number of halogens is 1. The maximum Gasteiger partial charge on any atom is 0.0850 e. The van der Waals surface area contributed by atoms with Crippen LogP contribution in [0.5, 0.6) is 0 Å². The summed E-state index contributed by atoms with van der Waals surface area (Å²) in [4.78, 5) is 0. The summed E-state index contributed by atoms with van der Waals surface area (Å²) in [7, 11) is 0. The molecule has 3 nitrogen and oxygen atoms in total. The molecule has 1 N–H and O–H groups in total. The lowest BCUT2D eigenvalue weighted by Crippen LogP contribution is -2.39. The summed E-state index contributed by atoms with van der Waals surface area (Å²) in [5.41, 5.74) is 2.56. The number of nitrogens with zero attached hydrogens (tertiary/aromatic N) is 2. The summed E-state index contributed by atoms with van der Waals surface area (Å²) in [6.07, 6.45) is 4.64. The quantitative estimate of drug-likeness (QED) is 0.784. The Balaban J connectivity index is 2.22. The zero-order valence-corrected chi connectivity index (χ0v) is 14.9. The number of hydrogen-bond donors (Lipinski definition) is 1. The molecular weight excluding hydrogens is 282 g/mol. The van der Waals surface area contributed by atoms with Gasteiger partial charge < -0.3 is 5.32 Å². The first kappa shape index (κ1) is 16.8. The molecule has 0 spiro atoms. The highest BCUT2D eigenvalue weighted by atomic mass is 35.5. The zero-order valence-electron chi connectivity index (χ0n) is 14.2. The van der Waals surface area contributed by atoms with Crippen molar-refractivity contribution in [3.05, 3.63) is 16.4 Å². The van der Waals surface area contributed by atoms with Gasteiger partial charge in [-0.25, -0.2) is 0 Å². The molecule has 1 fully saturated rings. The minimum Gasteiger partial charge on any atom is -0.314 e. The Bertz CT molecular complexity index is 477.